The van der Waals surface area contributed by atoms with Gasteiger partial charge in [-0.1, -0.05) is 44.2 Å². The van der Waals surface area contributed by atoms with Gasteiger partial charge in [0.2, 0.25) is 0 Å². The molecule has 4 nitrogen and oxygen atoms in total. The number of hydrogen-bond donors (Lipinski definition) is 1. The molecule has 0 aromatic heterocycles. The number of carbonyl (C=O) groups excluding carboxylic acids is 1. The summed E-state index contributed by atoms with van der Waals surface area (Å²) < 4.78 is 0. The maximum atomic E-state index is 12.5. The second-order valence-corrected chi connectivity index (χ2v) is 6.08. The van der Waals surface area contributed by atoms with Gasteiger partial charge in [0.1, 0.15) is 0 Å². The first kappa shape index (κ1) is 15.5. The maximum absolute atomic E-state index is 12.5. The fourth-order valence-corrected chi connectivity index (χ4v) is 2.79. The fourth-order valence-electron chi connectivity index (χ4n) is 2.79. The van der Waals surface area contributed by atoms with Gasteiger partial charge >= 0.3 is 6.03 Å². The average Bonchev–Trinajstić information content (AvgIpc) is 2.80. The van der Waals surface area contributed by atoms with Gasteiger partial charge in [0.15, 0.2) is 0 Å². The number of amides is 2. The minimum absolute atomic E-state index is 0.108. The van der Waals surface area contributed by atoms with Crippen molar-refractivity contribution in [1.29, 1.82) is 0 Å². The van der Waals surface area contributed by atoms with Crippen LogP contribution in [0.5, 0.6) is 0 Å². The summed E-state index contributed by atoms with van der Waals surface area (Å²) in [5, 5.41) is 9.01. The highest BCUT2D eigenvalue weighted by Gasteiger charge is 2.43. The van der Waals surface area contributed by atoms with Gasteiger partial charge in [0.05, 0.1) is 5.54 Å². The van der Waals surface area contributed by atoms with Crippen LogP contribution in [0.1, 0.15) is 52.0 Å². The van der Waals surface area contributed by atoms with Crippen molar-refractivity contribution in [1.82, 2.24) is 10.3 Å². The predicted octanol–water partition coefficient (Wildman–Crippen LogP) is 3.75. The predicted molar refractivity (Wildman–Crippen MR) is 86.5 cm³/mol. The quantitative estimate of drug-likeness (QED) is 0.900. The smallest absolute Gasteiger partial charge is 0.334 e. The van der Waals surface area contributed by atoms with Gasteiger partial charge in [0.25, 0.3) is 0 Å². The van der Waals surface area contributed by atoms with E-state index in [4.69, 9.17) is 0 Å². The van der Waals surface area contributed by atoms with Crippen LogP contribution in [-0.2, 0) is 0 Å². The van der Waals surface area contributed by atoms with Gasteiger partial charge in [-0.15, -0.1) is 0 Å². The Morgan fingerprint density at radius 3 is 2.48 bits per heavy atom. The lowest BCUT2D eigenvalue weighted by molar-refractivity contribution is 0.143. The minimum Gasteiger partial charge on any atom is -0.334 e. The standard InChI is InChI=1S/C17H25N3O/c1-5-14(6-2)19-16(21)20-17(3,4)15(12-18-20)13-10-8-7-9-11-13/h7-12,14-15H,5-6H2,1-4H3,(H,19,21). The average molecular weight is 287 g/mol. The van der Waals surface area contributed by atoms with Crippen LogP contribution in [0.25, 0.3) is 0 Å². The van der Waals surface area contributed by atoms with E-state index in [0.717, 1.165) is 12.8 Å². The third-order valence-electron chi connectivity index (χ3n) is 4.30. The van der Waals surface area contributed by atoms with Crippen molar-refractivity contribution < 1.29 is 4.79 Å². The molecule has 4 heteroatoms. The Kier molecular flexibility index (Phi) is 4.66. The first-order chi connectivity index (χ1) is 10.0. The molecule has 0 radical (unpaired) electrons. The van der Waals surface area contributed by atoms with E-state index in [1.54, 1.807) is 5.01 Å². The van der Waals surface area contributed by atoms with Gasteiger partial charge in [-0.3, -0.25) is 0 Å². The Balaban J connectivity index is 2.14. The summed E-state index contributed by atoms with van der Waals surface area (Å²) in [5.41, 5.74) is 0.821. The lowest BCUT2D eigenvalue weighted by atomic mass is 9.83. The molecular formula is C17H25N3O. The highest BCUT2D eigenvalue weighted by atomic mass is 16.2. The van der Waals surface area contributed by atoms with Crippen LogP contribution in [0.3, 0.4) is 0 Å². The molecule has 0 saturated carbocycles. The molecule has 1 heterocycles. The van der Waals surface area contributed by atoms with Crippen molar-refractivity contribution in [3.05, 3.63) is 35.9 Å². The van der Waals surface area contributed by atoms with E-state index in [1.165, 1.54) is 5.56 Å². The summed E-state index contributed by atoms with van der Waals surface area (Å²) in [7, 11) is 0. The highest BCUT2D eigenvalue weighted by molar-refractivity contribution is 5.82. The summed E-state index contributed by atoms with van der Waals surface area (Å²) in [6.45, 7) is 8.29. The largest absolute Gasteiger partial charge is 0.338 e. The van der Waals surface area contributed by atoms with Crippen molar-refractivity contribution in [2.75, 3.05) is 0 Å². The van der Waals surface area contributed by atoms with Gasteiger partial charge in [0, 0.05) is 18.2 Å². The number of hydrazone groups is 1. The normalized spacial score (nSPS) is 20.0. The number of urea groups is 1. The summed E-state index contributed by atoms with van der Waals surface area (Å²) in [4.78, 5) is 12.5. The van der Waals surface area contributed by atoms with Crippen LogP contribution in [0.4, 0.5) is 4.79 Å². The van der Waals surface area contributed by atoms with Crippen molar-refractivity contribution in [2.45, 2.75) is 58.0 Å². The molecule has 21 heavy (non-hydrogen) atoms. The van der Waals surface area contributed by atoms with Gasteiger partial charge < -0.3 is 5.32 Å². The van der Waals surface area contributed by atoms with E-state index in [-0.39, 0.29) is 23.5 Å². The van der Waals surface area contributed by atoms with Gasteiger partial charge in [-0.05, 0) is 32.3 Å². The van der Waals surface area contributed by atoms with E-state index < -0.39 is 0 Å². The molecule has 1 aromatic carbocycles. The minimum atomic E-state index is -0.364. The summed E-state index contributed by atoms with van der Waals surface area (Å²) in [6.07, 6.45) is 3.74. The second kappa shape index (κ2) is 6.29. The molecule has 1 aliphatic heterocycles. The van der Waals surface area contributed by atoms with E-state index in [0.29, 0.717) is 0 Å². The summed E-state index contributed by atoms with van der Waals surface area (Å²) >= 11 is 0. The van der Waals surface area contributed by atoms with Crippen LogP contribution >= 0.6 is 0 Å². The lowest BCUT2D eigenvalue weighted by Gasteiger charge is -2.34. The third-order valence-corrected chi connectivity index (χ3v) is 4.30. The number of benzene rings is 1. The molecule has 0 aliphatic carbocycles. The molecule has 0 spiro atoms. The van der Waals surface area contributed by atoms with Crippen LogP contribution in [0.2, 0.25) is 0 Å². The van der Waals surface area contributed by atoms with E-state index in [2.05, 4.69) is 50.2 Å². The monoisotopic (exact) mass is 287 g/mol. The molecule has 0 bridgehead atoms. The first-order valence-corrected chi connectivity index (χ1v) is 7.70. The molecular weight excluding hydrogens is 262 g/mol. The molecule has 1 aliphatic rings. The van der Waals surface area contributed by atoms with Crippen LogP contribution in [0, 0.1) is 0 Å². The zero-order valence-electron chi connectivity index (χ0n) is 13.3. The third kappa shape index (κ3) is 3.09. The van der Waals surface area contributed by atoms with E-state index in [1.807, 2.05) is 24.4 Å². The Morgan fingerprint density at radius 1 is 1.29 bits per heavy atom. The molecule has 114 valence electrons. The molecule has 1 unspecified atom stereocenters. The lowest BCUT2D eigenvalue weighted by Crippen LogP contribution is -2.51. The van der Waals surface area contributed by atoms with Crippen LogP contribution in [0.15, 0.2) is 35.4 Å². The number of hydrogen-bond acceptors (Lipinski definition) is 2. The number of nitrogens with one attached hydrogen (secondary N) is 1. The molecule has 0 fully saturated rings. The Morgan fingerprint density at radius 2 is 1.90 bits per heavy atom. The van der Waals surface area contributed by atoms with Crippen molar-refractivity contribution in [2.24, 2.45) is 5.10 Å². The number of carbonyl (C=O) groups is 1. The van der Waals surface area contributed by atoms with Crippen LogP contribution in [-0.4, -0.2) is 28.8 Å². The summed E-state index contributed by atoms with van der Waals surface area (Å²) in [6, 6.07) is 10.3. The zero-order chi connectivity index (χ0) is 15.5. The van der Waals surface area contributed by atoms with Gasteiger partial charge in [-0.25, -0.2) is 9.80 Å². The maximum Gasteiger partial charge on any atom is 0.338 e. The van der Waals surface area contributed by atoms with E-state index in [9.17, 15) is 4.79 Å². The highest BCUT2D eigenvalue weighted by Crippen LogP contribution is 2.36. The topological polar surface area (TPSA) is 44.7 Å². The van der Waals surface area contributed by atoms with Crippen molar-refractivity contribution in [3.8, 4) is 0 Å². The summed E-state index contributed by atoms with van der Waals surface area (Å²) in [5.74, 6) is 0.117. The first-order valence-electron chi connectivity index (χ1n) is 7.70. The fraction of sp³-hybridized carbons (Fsp3) is 0.529. The molecule has 0 saturated heterocycles. The molecule has 1 atom stereocenters. The molecule has 1 N–H and O–H groups in total. The molecule has 1 aromatic rings. The zero-order valence-corrected chi connectivity index (χ0v) is 13.3. The Hall–Kier alpha value is -1.84. The Labute approximate surface area is 127 Å². The van der Waals surface area contributed by atoms with Crippen LogP contribution < -0.4 is 5.32 Å². The second-order valence-electron chi connectivity index (χ2n) is 6.08. The molecule has 2 rings (SSSR count). The Bertz CT molecular complexity index is 506. The van der Waals surface area contributed by atoms with E-state index >= 15 is 0 Å². The SMILES string of the molecule is CCC(CC)NC(=O)N1N=CC(c2ccccc2)C1(C)C. The van der Waals surface area contributed by atoms with Gasteiger partial charge in [-0.2, -0.15) is 5.10 Å². The number of rotatable bonds is 4. The van der Waals surface area contributed by atoms with Crippen molar-refractivity contribution >= 4 is 12.2 Å². The van der Waals surface area contributed by atoms with Crippen molar-refractivity contribution in [3.63, 3.8) is 0 Å². The molecule has 2 amide bonds. The number of nitrogens with zero attached hydrogens (tertiary/aromatic N) is 2.